The summed E-state index contributed by atoms with van der Waals surface area (Å²) in [6, 6.07) is 4.10. The Labute approximate surface area is 83.2 Å². The van der Waals surface area contributed by atoms with E-state index in [1.54, 1.807) is 6.07 Å². The molecule has 0 saturated carbocycles. The lowest BCUT2D eigenvalue weighted by Gasteiger charge is -2.19. The highest BCUT2D eigenvalue weighted by Crippen LogP contribution is 2.15. The van der Waals surface area contributed by atoms with Gasteiger partial charge in [-0.05, 0) is 31.4 Å². The quantitative estimate of drug-likeness (QED) is 0.695. The van der Waals surface area contributed by atoms with E-state index in [1.807, 2.05) is 6.07 Å². The van der Waals surface area contributed by atoms with Crippen molar-refractivity contribution in [2.75, 3.05) is 11.1 Å². The summed E-state index contributed by atoms with van der Waals surface area (Å²) in [6.45, 7) is 0. The number of nitrogen functional groups attached to an aromatic ring is 1. The number of anilines is 2. The summed E-state index contributed by atoms with van der Waals surface area (Å²) >= 11 is 0. The molecule has 0 amide bonds. The highest BCUT2D eigenvalue weighted by molar-refractivity contribution is 5.39. The van der Waals surface area contributed by atoms with E-state index >= 15 is 0 Å². The van der Waals surface area contributed by atoms with E-state index in [-0.39, 0.29) is 0 Å². The lowest BCUT2D eigenvalue weighted by atomic mass is 10.0. The number of nitrogens with one attached hydrogen (secondary N) is 1. The van der Waals surface area contributed by atoms with Crippen molar-refractivity contribution in [1.82, 2.24) is 10.2 Å². The molecule has 1 unspecified atom stereocenters. The molecule has 1 atom stereocenters. The zero-order valence-electron chi connectivity index (χ0n) is 7.98. The molecule has 3 N–H and O–H groups in total. The van der Waals surface area contributed by atoms with Crippen LogP contribution < -0.4 is 11.1 Å². The van der Waals surface area contributed by atoms with Crippen molar-refractivity contribution in [2.24, 2.45) is 0 Å². The van der Waals surface area contributed by atoms with Crippen LogP contribution in [-0.4, -0.2) is 16.2 Å². The Morgan fingerprint density at radius 2 is 2.21 bits per heavy atom. The first-order valence-electron chi connectivity index (χ1n) is 4.85. The van der Waals surface area contributed by atoms with E-state index in [0.29, 0.717) is 11.9 Å². The summed E-state index contributed by atoms with van der Waals surface area (Å²) in [5, 5.41) is 11.1. The van der Waals surface area contributed by atoms with Gasteiger partial charge in [-0.15, -0.1) is 10.2 Å². The molecule has 0 saturated heterocycles. The Bertz CT molecular complexity index is 317. The fourth-order valence-electron chi connectivity index (χ4n) is 1.55. The van der Waals surface area contributed by atoms with Gasteiger partial charge in [0.25, 0.3) is 0 Å². The first-order valence-corrected chi connectivity index (χ1v) is 4.85. The van der Waals surface area contributed by atoms with E-state index < -0.39 is 0 Å². The maximum Gasteiger partial charge on any atom is 0.149 e. The Hall–Kier alpha value is -1.58. The highest BCUT2D eigenvalue weighted by atomic mass is 15.2. The van der Waals surface area contributed by atoms with Gasteiger partial charge in [0.05, 0.1) is 0 Å². The van der Waals surface area contributed by atoms with Gasteiger partial charge in [0.15, 0.2) is 0 Å². The molecule has 0 bridgehead atoms. The minimum absolute atomic E-state index is 0.457. The molecule has 1 heterocycles. The number of hydrogen-bond acceptors (Lipinski definition) is 4. The lowest BCUT2D eigenvalue weighted by molar-refractivity contribution is 0.640. The van der Waals surface area contributed by atoms with Crippen molar-refractivity contribution >= 4 is 11.6 Å². The lowest BCUT2D eigenvalue weighted by Crippen LogP contribution is -2.21. The number of rotatable bonds is 2. The summed E-state index contributed by atoms with van der Waals surface area (Å²) in [5.74, 6) is 1.26. The van der Waals surface area contributed by atoms with Gasteiger partial charge in [-0.2, -0.15) is 0 Å². The minimum atomic E-state index is 0.457. The monoisotopic (exact) mass is 190 g/mol. The molecule has 2 rings (SSSR count). The molecule has 74 valence electrons. The topological polar surface area (TPSA) is 63.8 Å². The maximum atomic E-state index is 5.45. The molecule has 1 aromatic heterocycles. The number of nitrogens with zero attached hydrogens (tertiary/aromatic N) is 2. The molecule has 14 heavy (non-hydrogen) atoms. The van der Waals surface area contributed by atoms with Gasteiger partial charge >= 0.3 is 0 Å². The van der Waals surface area contributed by atoms with Crippen molar-refractivity contribution in [3.05, 3.63) is 24.3 Å². The summed E-state index contributed by atoms with van der Waals surface area (Å²) in [4.78, 5) is 0. The predicted molar refractivity (Wildman–Crippen MR) is 56.8 cm³/mol. The van der Waals surface area contributed by atoms with Crippen LogP contribution in [0.5, 0.6) is 0 Å². The van der Waals surface area contributed by atoms with Crippen molar-refractivity contribution in [2.45, 2.75) is 25.3 Å². The molecule has 0 aliphatic heterocycles. The normalized spacial score (nSPS) is 20.7. The third-order valence-corrected chi connectivity index (χ3v) is 2.31. The number of aromatic nitrogens is 2. The fraction of sp³-hybridized carbons (Fsp3) is 0.400. The van der Waals surface area contributed by atoms with E-state index in [9.17, 15) is 0 Å². The SMILES string of the molecule is Nc1ccc(NC2CC=CCC2)nn1. The van der Waals surface area contributed by atoms with Gasteiger partial charge in [0, 0.05) is 6.04 Å². The average molecular weight is 190 g/mol. The number of hydrogen-bond donors (Lipinski definition) is 2. The summed E-state index contributed by atoms with van der Waals surface area (Å²) in [5.41, 5.74) is 5.45. The van der Waals surface area contributed by atoms with Crippen LogP contribution >= 0.6 is 0 Å². The zero-order valence-corrected chi connectivity index (χ0v) is 7.98. The third-order valence-electron chi connectivity index (χ3n) is 2.31. The zero-order chi connectivity index (χ0) is 9.80. The smallest absolute Gasteiger partial charge is 0.149 e. The second kappa shape index (κ2) is 4.09. The molecule has 4 heteroatoms. The molecule has 1 aliphatic carbocycles. The largest absolute Gasteiger partial charge is 0.382 e. The molecular formula is C10H14N4. The van der Waals surface area contributed by atoms with Crippen LogP contribution in [0.1, 0.15) is 19.3 Å². The van der Waals surface area contributed by atoms with E-state index in [0.717, 1.165) is 25.1 Å². The van der Waals surface area contributed by atoms with Crippen molar-refractivity contribution in [3.63, 3.8) is 0 Å². The van der Waals surface area contributed by atoms with Crippen LogP contribution in [0.4, 0.5) is 11.6 Å². The van der Waals surface area contributed by atoms with Gasteiger partial charge in [-0.1, -0.05) is 12.2 Å². The van der Waals surface area contributed by atoms with Gasteiger partial charge in [0.2, 0.25) is 0 Å². The van der Waals surface area contributed by atoms with E-state index in [1.165, 1.54) is 0 Å². The molecule has 0 fully saturated rings. The summed E-state index contributed by atoms with van der Waals surface area (Å²) < 4.78 is 0. The number of allylic oxidation sites excluding steroid dienone is 1. The van der Waals surface area contributed by atoms with Gasteiger partial charge < -0.3 is 11.1 Å². The van der Waals surface area contributed by atoms with Crippen molar-refractivity contribution in [1.29, 1.82) is 0 Å². The number of nitrogens with two attached hydrogens (primary N) is 1. The Balaban J connectivity index is 1.96. The van der Waals surface area contributed by atoms with Crippen molar-refractivity contribution in [3.8, 4) is 0 Å². The molecule has 1 aromatic rings. The molecular weight excluding hydrogens is 176 g/mol. The van der Waals surface area contributed by atoms with E-state index in [2.05, 4.69) is 27.7 Å². The van der Waals surface area contributed by atoms with Gasteiger partial charge in [0.1, 0.15) is 11.6 Å². The first kappa shape index (κ1) is 8.99. The standard InChI is InChI=1S/C10H14N4/c11-9-6-7-10(14-13-9)12-8-4-2-1-3-5-8/h1-2,6-8H,3-5H2,(H2,11,13)(H,12,14). The Morgan fingerprint density at radius 1 is 1.29 bits per heavy atom. The van der Waals surface area contributed by atoms with Gasteiger partial charge in [-0.3, -0.25) is 0 Å². The average Bonchev–Trinajstić information content (AvgIpc) is 2.23. The highest BCUT2D eigenvalue weighted by Gasteiger charge is 2.09. The van der Waals surface area contributed by atoms with Crippen molar-refractivity contribution < 1.29 is 0 Å². The van der Waals surface area contributed by atoms with Crippen LogP contribution in [0.2, 0.25) is 0 Å². The predicted octanol–water partition coefficient (Wildman–Crippen LogP) is 1.58. The summed E-state index contributed by atoms with van der Waals surface area (Å²) in [6.07, 6.45) is 7.77. The Morgan fingerprint density at radius 3 is 2.86 bits per heavy atom. The summed E-state index contributed by atoms with van der Waals surface area (Å²) in [7, 11) is 0. The second-order valence-corrected chi connectivity index (χ2v) is 3.47. The maximum absolute atomic E-state index is 5.45. The van der Waals surface area contributed by atoms with Crippen LogP contribution in [-0.2, 0) is 0 Å². The fourth-order valence-corrected chi connectivity index (χ4v) is 1.55. The molecule has 0 spiro atoms. The Kier molecular flexibility index (Phi) is 2.62. The minimum Gasteiger partial charge on any atom is -0.382 e. The van der Waals surface area contributed by atoms with Crippen LogP contribution in [0, 0.1) is 0 Å². The van der Waals surface area contributed by atoms with Crippen LogP contribution in [0.3, 0.4) is 0 Å². The molecule has 1 aliphatic rings. The van der Waals surface area contributed by atoms with E-state index in [4.69, 9.17) is 5.73 Å². The van der Waals surface area contributed by atoms with Crippen LogP contribution in [0.15, 0.2) is 24.3 Å². The molecule has 4 nitrogen and oxygen atoms in total. The molecule has 0 radical (unpaired) electrons. The third kappa shape index (κ3) is 2.22. The van der Waals surface area contributed by atoms with Crippen LogP contribution in [0.25, 0.3) is 0 Å². The molecule has 0 aromatic carbocycles. The second-order valence-electron chi connectivity index (χ2n) is 3.47. The first-order chi connectivity index (χ1) is 6.84. The van der Waals surface area contributed by atoms with Gasteiger partial charge in [-0.25, -0.2) is 0 Å².